The molecule has 0 spiro atoms. The van der Waals surface area contributed by atoms with Crippen LogP contribution in [-0.2, 0) is 11.8 Å². The summed E-state index contributed by atoms with van der Waals surface area (Å²) in [6.45, 7) is 10.2. The van der Waals surface area contributed by atoms with Gasteiger partial charge in [-0.15, -0.1) is 0 Å². The van der Waals surface area contributed by atoms with Crippen LogP contribution < -0.4 is 10.6 Å². The number of hydrogen-bond donors (Lipinski definition) is 4. The standard InChI is InChI=1S/C20H28N4O2/c1-6-13-7-8-15-14(9-13)17(16(25)10-20(15,4)5)21-19(26)22-18-11(2)12(3)23-24-18/h7-9,16-17,25H,6,10H2,1-5H3,(H3,21,22,23,24,26)/t16?,17-/m1/s1. The number of fused-ring (bicyclic) bond motifs is 1. The molecule has 0 radical (unpaired) electrons. The van der Waals surface area contributed by atoms with Crippen LogP contribution in [0, 0.1) is 13.8 Å². The maximum absolute atomic E-state index is 12.5. The highest BCUT2D eigenvalue weighted by Crippen LogP contribution is 2.42. The molecule has 26 heavy (non-hydrogen) atoms. The van der Waals surface area contributed by atoms with E-state index in [1.807, 2.05) is 13.8 Å². The number of aliphatic hydroxyl groups is 1. The number of rotatable bonds is 3. The molecule has 0 saturated carbocycles. The Morgan fingerprint density at radius 3 is 2.73 bits per heavy atom. The second kappa shape index (κ2) is 6.76. The lowest BCUT2D eigenvalue weighted by Gasteiger charge is -2.40. The van der Waals surface area contributed by atoms with Crippen LogP contribution in [0.25, 0.3) is 0 Å². The van der Waals surface area contributed by atoms with Crippen molar-refractivity contribution in [1.82, 2.24) is 15.5 Å². The molecule has 0 aliphatic heterocycles. The van der Waals surface area contributed by atoms with E-state index in [2.05, 4.69) is 59.8 Å². The average Bonchev–Trinajstić information content (AvgIpc) is 2.89. The summed E-state index contributed by atoms with van der Waals surface area (Å²) in [6.07, 6.45) is 0.864. The molecule has 2 atom stereocenters. The molecule has 1 aromatic carbocycles. The molecular formula is C20H28N4O2. The number of H-pyrrole nitrogens is 1. The number of nitrogens with zero attached hydrogens (tertiary/aromatic N) is 1. The minimum atomic E-state index is -0.641. The largest absolute Gasteiger partial charge is 0.391 e. The molecule has 140 valence electrons. The molecular weight excluding hydrogens is 328 g/mol. The molecule has 4 N–H and O–H groups in total. The average molecular weight is 356 g/mol. The molecule has 1 aromatic heterocycles. The van der Waals surface area contributed by atoms with Gasteiger partial charge in [-0.05, 0) is 48.8 Å². The Morgan fingerprint density at radius 2 is 2.12 bits per heavy atom. The topological polar surface area (TPSA) is 90.0 Å². The van der Waals surface area contributed by atoms with Gasteiger partial charge in [0.2, 0.25) is 0 Å². The fourth-order valence-corrected chi connectivity index (χ4v) is 3.73. The van der Waals surface area contributed by atoms with Crippen molar-refractivity contribution in [3.8, 4) is 0 Å². The van der Waals surface area contributed by atoms with Gasteiger partial charge in [0, 0.05) is 11.3 Å². The molecule has 1 heterocycles. The van der Waals surface area contributed by atoms with Crippen LogP contribution in [0.3, 0.4) is 0 Å². The molecule has 2 aromatic rings. The fraction of sp³-hybridized carbons (Fsp3) is 0.500. The third kappa shape index (κ3) is 3.33. The van der Waals surface area contributed by atoms with Crippen molar-refractivity contribution in [2.75, 3.05) is 5.32 Å². The van der Waals surface area contributed by atoms with E-state index in [9.17, 15) is 9.90 Å². The number of anilines is 1. The number of aryl methyl sites for hydroxylation is 2. The summed E-state index contributed by atoms with van der Waals surface area (Å²) >= 11 is 0. The van der Waals surface area contributed by atoms with Crippen LogP contribution in [0.2, 0.25) is 0 Å². The van der Waals surface area contributed by atoms with Gasteiger partial charge in [-0.1, -0.05) is 39.0 Å². The number of nitrogens with one attached hydrogen (secondary N) is 3. The summed E-state index contributed by atoms with van der Waals surface area (Å²) < 4.78 is 0. The second-order valence-electron chi connectivity index (χ2n) is 7.83. The normalized spacial score (nSPS) is 21.2. The van der Waals surface area contributed by atoms with Gasteiger partial charge in [0.25, 0.3) is 0 Å². The minimum absolute atomic E-state index is 0.133. The number of amides is 2. The maximum atomic E-state index is 12.5. The third-order valence-corrected chi connectivity index (χ3v) is 5.46. The highest BCUT2D eigenvalue weighted by molar-refractivity contribution is 5.89. The predicted molar refractivity (Wildman–Crippen MR) is 102 cm³/mol. The highest BCUT2D eigenvalue weighted by atomic mass is 16.3. The molecule has 0 saturated heterocycles. The molecule has 6 nitrogen and oxygen atoms in total. The second-order valence-corrected chi connectivity index (χ2v) is 7.83. The third-order valence-electron chi connectivity index (χ3n) is 5.46. The Morgan fingerprint density at radius 1 is 1.38 bits per heavy atom. The SMILES string of the molecule is CCc1ccc2c(c1)[C@@H](NC(=O)Nc1n[nH]c(C)c1C)C(O)CC2(C)C. The molecule has 1 unspecified atom stereocenters. The number of urea groups is 1. The van der Waals surface area contributed by atoms with Crippen molar-refractivity contribution >= 4 is 11.8 Å². The summed E-state index contributed by atoms with van der Waals surface area (Å²) in [7, 11) is 0. The van der Waals surface area contributed by atoms with Crippen molar-refractivity contribution in [3.63, 3.8) is 0 Å². The Kier molecular flexibility index (Phi) is 4.80. The number of benzene rings is 1. The first-order valence-corrected chi connectivity index (χ1v) is 9.13. The fourth-order valence-electron chi connectivity index (χ4n) is 3.73. The van der Waals surface area contributed by atoms with Crippen LogP contribution in [0.1, 0.15) is 61.2 Å². The zero-order chi connectivity index (χ0) is 19.1. The van der Waals surface area contributed by atoms with Crippen molar-refractivity contribution in [1.29, 1.82) is 0 Å². The summed E-state index contributed by atoms with van der Waals surface area (Å²) in [6, 6.07) is 5.56. The predicted octanol–water partition coefficient (Wildman–Crippen LogP) is 3.49. The molecule has 2 amide bonds. The van der Waals surface area contributed by atoms with E-state index in [0.717, 1.165) is 23.2 Å². The van der Waals surface area contributed by atoms with Crippen LogP contribution >= 0.6 is 0 Å². The van der Waals surface area contributed by atoms with Crippen molar-refractivity contribution < 1.29 is 9.90 Å². The number of aliphatic hydroxyl groups excluding tert-OH is 1. The van der Waals surface area contributed by atoms with E-state index >= 15 is 0 Å². The summed E-state index contributed by atoms with van der Waals surface area (Å²) in [5.74, 6) is 0.508. The van der Waals surface area contributed by atoms with Crippen LogP contribution in [0.15, 0.2) is 18.2 Å². The quantitative estimate of drug-likeness (QED) is 0.678. The van der Waals surface area contributed by atoms with Gasteiger partial charge in [0.15, 0.2) is 5.82 Å². The van der Waals surface area contributed by atoms with Crippen LogP contribution in [0.5, 0.6) is 0 Å². The van der Waals surface area contributed by atoms with E-state index in [0.29, 0.717) is 12.2 Å². The van der Waals surface area contributed by atoms with Gasteiger partial charge in [-0.2, -0.15) is 5.10 Å². The number of carbonyl (C=O) groups is 1. The zero-order valence-electron chi connectivity index (χ0n) is 16.1. The van der Waals surface area contributed by atoms with Gasteiger partial charge in [0.05, 0.1) is 12.1 Å². The molecule has 1 aliphatic carbocycles. The minimum Gasteiger partial charge on any atom is -0.391 e. The Labute approximate surface area is 154 Å². The summed E-state index contributed by atoms with van der Waals surface area (Å²) in [5.41, 5.74) is 5.05. The van der Waals surface area contributed by atoms with E-state index in [-0.39, 0.29) is 11.4 Å². The van der Waals surface area contributed by atoms with E-state index in [1.165, 1.54) is 11.1 Å². The van der Waals surface area contributed by atoms with Gasteiger partial charge < -0.3 is 10.4 Å². The summed E-state index contributed by atoms with van der Waals surface area (Å²) in [4.78, 5) is 12.5. The first-order valence-electron chi connectivity index (χ1n) is 9.13. The van der Waals surface area contributed by atoms with E-state index < -0.39 is 12.1 Å². The number of aromatic nitrogens is 2. The summed E-state index contributed by atoms with van der Waals surface area (Å²) in [5, 5.41) is 23.4. The first kappa shape index (κ1) is 18.5. The zero-order valence-corrected chi connectivity index (χ0v) is 16.1. The lowest BCUT2D eigenvalue weighted by Crippen LogP contribution is -2.45. The molecule has 0 bridgehead atoms. The Balaban J connectivity index is 1.87. The highest BCUT2D eigenvalue weighted by Gasteiger charge is 2.39. The lowest BCUT2D eigenvalue weighted by atomic mass is 9.69. The molecule has 0 fully saturated rings. The Hall–Kier alpha value is -2.34. The van der Waals surface area contributed by atoms with E-state index in [4.69, 9.17) is 0 Å². The first-order chi connectivity index (χ1) is 12.2. The van der Waals surface area contributed by atoms with Crippen molar-refractivity contribution in [2.45, 2.75) is 65.0 Å². The van der Waals surface area contributed by atoms with Crippen LogP contribution in [0.4, 0.5) is 10.6 Å². The van der Waals surface area contributed by atoms with Crippen molar-refractivity contribution in [2.24, 2.45) is 0 Å². The number of hydrogen-bond acceptors (Lipinski definition) is 3. The number of aromatic amines is 1. The van der Waals surface area contributed by atoms with Gasteiger partial charge in [-0.25, -0.2) is 4.79 Å². The van der Waals surface area contributed by atoms with Crippen molar-refractivity contribution in [3.05, 3.63) is 46.1 Å². The monoisotopic (exact) mass is 356 g/mol. The van der Waals surface area contributed by atoms with Gasteiger partial charge >= 0.3 is 6.03 Å². The van der Waals surface area contributed by atoms with Gasteiger partial charge in [0.1, 0.15) is 0 Å². The molecule has 3 rings (SSSR count). The molecule has 6 heteroatoms. The maximum Gasteiger partial charge on any atom is 0.321 e. The molecule has 1 aliphatic rings. The lowest BCUT2D eigenvalue weighted by molar-refractivity contribution is 0.0882. The van der Waals surface area contributed by atoms with Crippen LogP contribution in [-0.4, -0.2) is 27.4 Å². The van der Waals surface area contributed by atoms with Gasteiger partial charge in [-0.3, -0.25) is 10.4 Å². The van der Waals surface area contributed by atoms with E-state index in [1.54, 1.807) is 0 Å². The smallest absolute Gasteiger partial charge is 0.321 e. The number of carbonyl (C=O) groups excluding carboxylic acids is 1. The Bertz CT molecular complexity index is 825.